The van der Waals surface area contributed by atoms with Crippen LogP contribution in [-0.2, 0) is 0 Å². The molecule has 22 heavy (non-hydrogen) atoms. The number of fused-ring (bicyclic) bond motifs is 1. The number of nitrogens with zero attached hydrogens (tertiary/aromatic N) is 2. The Kier molecular flexibility index (Phi) is 4.57. The van der Waals surface area contributed by atoms with Gasteiger partial charge in [0.05, 0.1) is 10.9 Å². The molecule has 3 aromatic rings. The second-order valence-electron chi connectivity index (χ2n) is 5.29. The van der Waals surface area contributed by atoms with Crippen LogP contribution in [0.2, 0.25) is 0 Å². The third kappa shape index (κ3) is 2.92. The fraction of sp³-hybridized carbons (Fsp3) is 0.250. The van der Waals surface area contributed by atoms with Gasteiger partial charge in [-0.1, -0.05) is 41.7 Å². The van der Waals surface area contributed by atoms with Crippen LogP contribution in [0.1, 0.15) is 11.5 Å². The van der Waals surface area contributed by atoms with E-state index in [0.717, 1.165) is 23.7 Å². The highest BCUT2D eigenvalue weighted by atomic mass is 35.5. The molecule has 0 spiro atoms. The van der Waals surface area contributed by atoms with Gasteiger partial charge in [-0.15, -0.1) is 12.4 Å². The van der Waals surface area contributed by atoms with Crippen molar-refractivity contribution in [2.45, 2.75) is 12.0 Å². The van der Waals surface area contributed by atoms with E-state index < -0.39 is 0 Å². The van der Waals surface area contributed by atoms with Crippen molar-refractivity contribution in [1.82, 2.24) is 15.3 Å². The van der Waals surface area contributed by atoms with Crippen molar-refractivity contribution < 1.29 is 0 Å². The van der Waals surface area contributed by atoms with E-state index in [4.69, 9.17) is 0 Å². The van der Waals surface area contributed by atoms with Gasteiger partial charge in [-0.2, -0.15) is 0 Å². The number of benzene rings is 1. The zero-order chi connectivity index (χ0) is 14.1. The summed E-state index contributed by atoms with van der Waals surface area (Å²) in [4.78, 5) is 8.75. The second kappa shape index (κ2) is 6.60. The highest BCUT2D eigenvalue weighted by Crippen LogP contribution is 2.29. The third-order valence-corrected chi connectivity index (χ3v) is 4.91. The van der Waals surface area contributed by atoms with Crippen LogP contribution in [0, 0.1) is 0 Å². The fourth-order valence-electron chi connectivity index (χ4n) is 2.88. The number of pyridine rings is 1. The molecule has 3 heterocycles. The molecule has 0 aliphatic carbocycles. The molecule has 0 bridgehead atoms. The highest BCUT2D eigenvalue weighted by molar-refractivity contribution is 7.22. The molecule has 4 rings (SSSR count). The standard InChI is InChI=1S/C16H16N4S.ClH/c1-2-4-11(5-3-1)12-8-18-9-13(12)19-16-20-14-10-17-7-6-15(14)21-16;/h1-7,10,12-13,18H,8-9H2,(H,19,20);1H/t12-,13+;/m0./s1. The summed E-state index contributed by atoms with van der Waals surface area (Å²) in [7, 11) is 0. The van der Waals surface area contributed by atoms with Crippen molar-refractivity contribution in [3.63, 3.8) is 0 Å². The van der Waals surface area contributed by atoms with Crippen molar-refractivity contribution in [1.29, 1.82) is 0 Å². The quantitative estimate of drug-likeness (QED) is 0.773. The number of aromatic nitrogens is 2. The average Bonchev–Trinajstić information content (AvgIpc) is 3.14. The maximum Gasteiger partial charge on any atom is 0.184 e. The molecule has 2 N–H and O–H groups in total. The number of hydrogen-bond donors (Lipinski definition) is 2. The number of nitrogens with one attached hydrogen (secondary N) is 2. The largest absolute Gasteiger partial charge is 0.357 e. The molecule has 1 fully saturated rings. The number of rotatable bonds is 3. The molecule has 114 valence electrons. The van der Waals surface area contributed by atoms with Crippen LogP contribution >= 0.6 is 23.7 Å². The Bertz CT molecular complexity index is 713. The van der Waals surface area contributed by atoms with E-state index in [1.807, 2.05) is 18.5 Å². The summed E-state index contributed by atoms with van der Waals surface area (Å²) in [5.74, 6) is 0.483. The first-order valence-corrected chi connectivity index (χ1v) is 7.94. The van der Waals surface area contributed by atoms with Crippen molar-refractivity contribution in [3.8, 4) is 0 Å². The minimum Gasteiger partial charge on any atom is -0.357 e. The molecule has 4 nitrogen and oxygen atoms in total. The van der Waals surface area contributed by atoms with Gasteiger partial charge in [0.1, 0.15) is 5.52 Å². The molecular formula is C16H17ClN4S. The van der Waals surface area contributed by atoms with Crippen molar-refractivity contribution >= 4 is 39.1 Å². The first-order chi connectivity index (χ1) is 10.4. The predicted molar refractivity (Wildman–Crippen MR) is 94.1 cm³/mol. The molecule has 0 radical (unpaired) electrons. The molecule has 2 atom stereocenters. The Morgan fingerprint density at radius 3 is 2.82 bits per heavy atom. The normalized spacial score (nSPS) is 20.7. The number of halogens is 1. The average molecular weight is 333 g/mol. The maximum atomic E-state index is 4.62. The minimum atomic E-state index is 0. The lowest BCUT2D eigenvalue weighted by Crippen LogP contribution is -2.26. The van der Waals surface area contributed by atoms with Crippen LogP contribution in [0.4, 0.5) is 5.13 Å². The molecule has 6 heteroatoms. The molecule has 1 saturated heterocycles. The number of hydrogen-bond acceptors (Lipinski definition) is 5. The SMILES string of the molecule is Cl.c1ccc([C@@H]2CNC[C@H]2Nc2nc3cnccc3s2)cc1. The molecule has 1 aliphatic heterocycles. The summed E-state index contributed by atoms with van der Waals surface area (Å²) in [6.07, 6.45) is 3.63. The zero-order valence-electron chi connectivity index (χ0n) is 11.9. The van der Waals surface area contributed by atoms with Crippen molar-refractivity contribution in [2.75, 3.05) is 18.4 Å². The lowest BCUT2D eigenvalue weighted by atomic mass is 9.94. The van der Waals surface area contributed by atoms with Crippen LogP contribution in [0.5, 0.6) is 0 Å². The van der Waals surface area contributed by atoms with Gasteiger partial charge in [-0.3, -0.25) is 4.98 Å². The zero-order valence-corrected chi connectivity index (χ0v) is 13.5. The van der Waals surface area contributed by atoms with Crippen LogP contribution in [-0.4, -0.2) is 29.1 Å². The Balaban J connectivity index is 0.00000144. The predicted octanol–water partition coefficient (Wildman–Crippen LogP) is 3.28. The highest BCUT2D eigenvalue weighted by Gasteiger charge is 2.28. The van der Waals surface area contributed by atoms with Gasteiger partial charge >= 0.3 is 0 Å². The monoisotopic (exact) mass is 332 g/mol. The van der Waals surface area contributed by atoms with Crippen LogP contribution < -0.4 is 10.6 Å². The van der Waals surface area contributed by atoms with E-state index in [1.54, 1.807) is 11.3 Å². The van der Waals surface area contributed by atoms with Gasteiger partial charge in [0.15, 0.2) is 5.13 Å². The molecule has 1 aromatic carbocycles. The Morgan fingerprint density at radius 1 is 1.14 bits per heavy atom. The summed E-state index contributed by atoms with van der Waals surface area (Å²) in [5.41, 5.74) is 2.34. The third-order valence-electron chi connectivity index (χ3n) is 3.94. The van der Waals surface area contributed by atoms with E-state index in [-0.39, 0.29) is 12.4 Å². The van der Waals surface area contributed by atoms with Crippen LogP contribution in [0.25, 0.3) is 10.2 Å². The Hall–Kier alpha value is -1.69. The van der Waals surface area contributed by atoms with E-state index in [1.165, 1.54) is 10.3 Å². The molecule has 2 aromatic heterocycles. The van der Waals surface area contributed by atoms with E-state index >= 15 is 0 Å². The summed E-state index contributed by atoms with van der Waals surface area (Å²) in [5, 5.41) is 8.05. The summed E-state index contributed by atoms with van der Waals surface area (Å²) >= 11 is 1.69. The minimum absolute atomic E-state index is 0. The maximum absolute atomic E-state index is 4.62. The molecule has 0 unspecified atom stereocenters. The van der Waals surface area contributed by atoms with Gasteiger partial charge in [0.2, 0.25) is 0 Å². The summed E-state index contributed by atoms with van der Waals surface area (Å²) < 4.78 is 1.18. The Labute approximate surface area is 139 Å². The first kappa shape index (κ1) is 15.2. The Morgan fingerprint density at radius 2 is 2.00 bits per heavy atom. The molecule has 1 aliphatic rings. The topological polar surface area (TPSA) is 49.8 Å². The van der Waals surface area contributed by atoms with Gasteiger partial charge in [-0.25, -0.2) is 4.98 Å². The van der Waals surface area contributed by atoms with E-state index in [2.05, 4.69) is 50.9 Å². The first-order valence-electron chi connectivity index (χ1n) is 7.13. The van der Waals surface area contributed by atoms with Crippen LogP contribution in [0.3, 0.4) is 0 Å². The lowest BCUT2D eigenvalue weighted by Gasteiger charge is -2.19. The smallest absolute Gasteiger partial charge is 0.184 e. The summed E-state index contributed by atoms with van der Waals surface area (Å²) in [6, 6.07) is 13.1. The van der Waals surface area contributed by atoms with Gasteiger partial charge in [0.25, 0.3) is 0 Å². The lowest BCUT2D eigenvalue weighted by molar-refractivity contribution is 0.692. The number of thiazole rings is 1. The van der Waals surface area contributed by atoms with E-state index in [9.17, 15) is 0 Å². The molecule has 0 saturated carbocycles. The second-order valence-corrected chi connectivity index (χ2v) is 6.32. The van der Waals surface area contributed by atoms with Gasteiger partial charge in [-0.05, 0) is 11.6 Å². The molecule has 0 amide bonds. The van der Waals surface area contributed by atoms with Crippen LogP contribution in [0.15, 0.2) is 48.8 Å². The van der Waals surface area contributed by atoms with Gasteiger partial charge < -0.3 is 10.6 Å². The van der Waals surface area contributed by atoms with Crippen molar-refractivity contribution in [2.24, 2.45) is 0 Å². The fourth-order valence-corrected chi connectivity index (χ4v) is 3.78. The van der Waals surface area contributed by atoms with Crippen molar-refractivity contribution in [3.05, 3.63) is 54.4 Å². The molecular weight excluding hydrogens is 316 g/mol. The summed E-state index contributed by atoms with van der Waals surface area (Å²) in [6.45, 7) is 1.97. The number of anilines is 1. The van der Waals surface area contributed by atoms with E-state index in [0.29, 0.717) is 12.0 Å². The van der Waals surface area contributed by atoms with Gasteiger partial charge in [0, 0.05) is 31.2 Å².